The molecule has 2 amide bonds. The van der Waals surface area contributed by atoms with Crippen molar-refractivity contribution in [2.45, 2.75) is 52.0 Å². The minimum atomic E-state index is -1.56. The first kappa shape index (κ1) is 14.9. The lowest BCUT2D eigenvalue weighted by atomic mass is 10.0. The summed E-state index contributed by atoms with van der Waals surface area (Å²) in [6.45, 7) is 3.56. The van der Waals surface area contributed by atoms with E-state index in [1.54, 1.807) is 18.2 Å². The predicted molar refractivity (Wildman–Crippen MR) is 90.2 cm³/mol. The molecule has 1 aliphatic heterocycles. The fraction of sp³-hybridized carbons (Fsp3) is 0.500. The van der Waals surface area contributed by atoms with Gasteiger partial charge in [0, 0.05) is 17.8 Å². The molecular weight excluding hydrogens is 277 g/mol. The first-order chi connectivity index (χ1) is 10.9. The Labute approximate surface area is 134 Å². The normalized spacial score (nSPS) is 20.9. The third kappa shape index (κ3) is 3.81. The van der Waals surface area contributed by atoms with Crippen LogP contribution >= 0.6 is 0 Å². The SMILES string of the molecule is [2H]C1(C)C(=O)Nc2cc(NC(=O)CCCCCC)ccc2N1[B]. The van der Waals surface area contributed by atoms with Crippen molar-refractivity contribution < 1.29 is 11.0 Å². The maximum absolute atomic E-state index is 11.9. The number of rotatable bonds is 6. The van der Waals surface area contributed by atoms with Crippen LogP contribution in [0.25, 0.3) is 0 Å². The van der Waals surface area contributed by atoms with Gasteiger partial charge in [0.15, 0.2) is 0 Å². The second-order valence-electron chi connectivity index (χ2n) is 5.50. The van der Waals surface area contributed by atoms with Crippen LogP contribution in [-0.4, -0.2) is 25.8 Å². The van der Waals surface area contributed by atoms with Gasteiger partial charge < -0.3 is 15.4 Å². The van der Waals surface area contributed by atoms with E-state index in [9.17, 15) is 9.59 Å². The van der Waals surface area contributed by atoms with Gasteiger partial charge in [-0.1, -0.05) is 26.2 Å². The maximum Gasteiger partial charge on any atom is 0.245 e. The van der Waals surface area contributed by atoms with E-state index < -0.39 is 11.9 Å². The second-order valence-corrected chi connectivity index (χ2v) is 5.50. The molecular formula is C16H22BN3O2. The highest BCUT2D eigenvalue weighted by Crippen LogP contribution is 2.33. The number of hydrogen-bond acceptors (Lipinski definition) is 3. The van der Waals surface area contributed by atoms with Gasteiger partial charge >= 0.3 is 0 Å². The Morgan fingerprint density at radius 1 is 1.45 bits per heavy atom. The van der Waals surface area contributed by atoms with Gasteiger partial charge in [-0.3, -0.25) is 9.59 Å². The van der Waals surface area contributed by atoms with Crippen LogP contribution < -0.4 is 15.4 Å². The lowest BCUT2D eigenvalue weighted by Crippen LogP contribution is -2.44. The minimum Gasteiger partial charge on any atom is -0.413 e. The monoisotopic (exact) mass is 300 g/mol. The Hall–Kier alpha value is -1.98. The summed E-state index contributed by atoms with van der Waals surface area (Å²) in [5.74, 6) is -0.548. The summed E-state index contributed by atoms with van der Waals surface area (Å²) in [4.78, 5) is 25.0. The highest BCUT2D eigenvalue weighted by atomic mass is 16.2. The molecule has 0 aromatic heterocycles. The van der Waals surface area contributed by atoms with Crippen LogP contribution in [0.1, 0.15) is 47.3 Å². The zero-order chi connectivity index (χ0) is 17.0. The predicted octanol–water partition coefficient (Wildman–Crippen LogP) is 2.83. The fourth-order valence-corrected chi connectivity index (χ4v) is 2.36. The quantitative estimate of drug-likeness (QED) is 0.627. The molecule has 2 radical (unpaired) electrons. The molecule has 0 saturated heterocycles. The van der Waals surface area contributed by atoms with Crippen LogP contribution in [0, 0.1) is 0 Å². The molecule has 2 rings (SSSR count). The number of anilines is 3. The summed E-state index contributed by atoms with van der Waals surface area (Å²) in [6, 6.07) is 3.51. The number of carbonyl (C=O) groups excluding carboxylic acids is 2. The molecule has 0 saturated carbocycles. The van der Waals surface area contributed by atoms with Crippen molar-refractivity contribution in [1.82, 2.24) is 0 Å². The van der Waals surface area contributed by atoms with Crippen molar-refractivity contribution in [2.75, 3.05) is 15.4 Å². The Balaban J connectivity index is 2.03. The van der Waals surface area contributed by atoms with E-state index in [-0.39, 0.29) is 5.91 Å². The molecule has 0 fully saturated rings. The molecule has 0 spiro atoms. The van der Waals surface area contributed by atoms with Gasteiger partial charge in [-0.25, -0.2) is 0 Å². The third-order valence-electron chi connectivity index (χ3n) is 3.74. The van der Waals surface area contributed by atoms with Crippen LogP contribution in [0.15, 0.2) is 18.2 Å². The van der Waals surface area contributed by atoms with Gasteiger partial charge in [-0.05, 0) is 31.5 Å². The highest BCUT2D eigenvalue weighted by molar-refractivity contribution is 6.24. The van der Waals surface area contributed by atoms with Crippen molar-refractivity contribution >= 4 is 36.9 Å². The van der Waals surface area contributed by atoms with Crippen LogP contribution in [0.5, 0.6) is 0 Å². The lowest BCUT2D eigenvalue weighted by Gasteiger charge is -2.34. The highest BCUT2D eigenvalue weighted by Gasteiger charge is 2.26. The number of unbranched alkanes of at least 4 members (excludes halogenated alkanes) is 3. The molecule has 1 unspecified atom stereocenters. The zero-order valence-corrected chi connectivity index (χ0v) is 13.1. The number of nitrogens with zero attached hydrogens (tertiary/aromatic N) is 1. The van der Waals surface area contributed by atoms with Crippen molar-refractivity contribution in [3.05, 3.63) is 18.2 Å². The third-order valence-corrected chi connectivity index (χ3v) is 3.74. The first-order valence-corrected chi connectivity index (χ1v) is 7.66. The summed E-state index contributed by atoms with van der Waals surface area (Å²) in [6.07, 6.45) is 4.67. The van der Waals surface area contributed by atoms with Gasteiger partial charge in [-0.15, -0.1) is 0 Å². The van der Waals surface area contributed by atoms with Crippen molar-refractivity contribution in [1.29, 1.82) is 0 Å². The van der Waals surface area contributed by atoms with E-state index in [1.165, 1.54) is 6.92 Å². The van der Waals surface area contributed by atoms with Gasteiger partial charge in [0.2, 0.25) is 19.8 Å². The second kappa shape index (κ2) is 7.34. The number of fused-ring (bicyclic) bond motifs is 1. The summed E-state index contributed by atoms with van der Waals surface area (Å²) in [5, 5.41) is 5.48. The molecule has 0 bridgehead atoms. The summed E-state index contributed by atoms with van der Waals surface area (Å²) in [5.41, 5.74) is 1.64. The maximum atomic E-state index is 11.9. The smallest absolute Gasteiger partial charge is 0.245 e. The topological polar surface area (TPSA) is 61.4 Å². The number of carbonyl (C=O) groups is 2. The first-order valence-electron chi connectivity index (χ1n) is 8.16. The number of amides is 2. The lowest BCUT2D eigenvalue weighted by molar-refractivity contribution is -0.117. The van der Waals surface area contributed by atoms with Crippen LogP contribution in [0.4, 0.5) is 17.1 Å². The van der Waals surface area contributed by atoms with E-state index in [0.29, 0.717) is 23.5 Å². The van der Waals surface area contributed by atoms with Gasteiger partial charge in [0.25, 0.3) is 0 Å². The molecule has 116 valence electrons. The van der Waals surface area contributed by atoms with Crippen molar-refractivity contribution in [2.24, 2.45) is 0 Å². The minimum absolute atomic E-state index is 0.0434. The van der Waals surface area contributed by atoms with Gasteiger partial charge in [0.1, 0.15) is 0 Å². The molecule has 22 heavy (non-hydrogen) atoms. The standard InChI is InChI=1S/C16H22BN3O2/c1-3-4-5-6-7-15(21)18-12-8-9-14-13(10-12)19-16(22)11(2)20(14)17/h8-11H,3-7H2,1-2H3,(H,18,21)(H,19,22)/i11D. The van der Waals surface area contributed by atoms with E-state index in [2.05, 4.69) is 17.6 Å². The van der Waals surface area contributed by atoms with Crippen molar-refractivity contribution in [3.63, 3.8) is 0 Å². The van der Waals surface area contributed by atoms with E-state index >= 15 is 0 Å². The molecule has 1 aromatic carbocycles. The Morgan fingerprint density at radius 2 is 2.23 bits per heavy atom. The zero-order valence-electron chi connectivity index (χ0n) is 14.1. The molecule has 1 atom stereocenters. The molecule has 1 aliphatic rings. The Bertz CT molecular complexity index is 607. The summed E-state index contributed by atoms with van der Waals surface area (Å²) < 4.78 is 7.96. The molecule has 6 heteroatoms. The summed E-state index contributed by atoms with van der Waals surface area (Å²) >= 11 is 0. The molecule has 1 aromatic rings. The molecule has 0 aliphatic carbocycles. The number of nitrogens with one attached hydrogen (secondary N) is 2. The van der Waals surface area contributed by atoms with Crippen LogP contribution in [0.3, 0.4) is 0 Å². The van der Waals surface area contributed by atoms with Crippen molar-refractivity contribution in [3.8, 4) is 0 Å². The largest absolute Gasteiger partial charge is 0.413 e. The van der Waals surface area contributed by atoms with Gasteiger partial charge in [0.05, 0.1) is 13.1 Å². The fourth-order valence-electron chi connectivity index (χ4n) is 2.36. The Morgan fingerprint density at radius 3 is 2.95 bits per heavy atom. The summed E-state index contributed by atoms with van der Waals surface area (Å²) in [7, 11) is 5.86. The Kier molecular flexibility index (Phi) is 4.98. The number of hydrogen-bond donors (Lipinski definition) is 2. The van der Waals surface area contributed by atoms with Crippen LogP contribution in [-0.2, 0) is 9.59 Å². The molecule has 5 nitrogen and oxygen atoms in total. The van der Waals surface area contributed by atoms with Crippen LogP contribution in [0.2, 0.25) is 0 Å². The average molecular weight is 300 g/mol. The molecule has 2 N–H and O–H groups in total. The van der Waals surface area contributed by atoms with E-state index in [4.69, 9.17) is 9.35 Å². The molecule has 1 heterocycles. The van der Waals surface area contributed by atoms with E-state index in [1.807, 2.05) is 0 Å². The van der Waals surface area contributed by atoms with E-state index in [0.717, 1.165) is 30.5 Å². The average Bonchev–Trinajstić information content (AvgIpc) is 2.50. The number of benzene rings is 1. The van der Waals surface area contributed by atoms with Gasteiger partial charge in [-0.2, -0.15) is 0 Å².